The fourth-order valence-electron chi connectivity index (χ4n) is 1.87. The molecule has 8 nitrogen and oxygen atoms in total. The van der Waals surface area contributed by atoms with Gasteiger partial charge in [-0.25, -0.2) is 0 Å². The first-order valence-electron chi connectivity index (χ1n) is 6.81. The molecule has 0 aromatic rings. The third-order valence-electron chi connectivity index (χ3n) is 2.92. The maximum absolute atomic E-state index is 9.46. The third kappa shape index (κ3) is 9.56. The molecule has 0 saturated carbocycles. The van der Waals surface area contributed by atoms with Crippen LogP contribution in [-0.2, 0) is 0 Å². The Hall–Kier alpha value is -0.320. The van der Waals surface area contributed by atoms with Crippen LogP contribution in [0.15, 0.2) is 0 Å². The first kappa shape index (κ1) is 19.7. The highest BCUT2D eigenvalue weighted by Crippen LogP contribution is 1.98. The number of rotatable bonds is 13. The number of nitrogens with zero attached hydrogens (tertiary/aromatic N) is 2. The van der Waals surface area contributed by atoms with Crippen LogP contribution in [0.3, 0.4) is 0 Å². The first-order chi connectivity index (χ1) is 9.57. The quantitative estimate of drug-likeness (QED) is 0.205. The van der Waals surface area contributed by atoms with Crippen LogP contribution in [-0.4, -0.2) is 118 Å². The van der Waals surface area contributed by atoms with Crippen molar-refractivity contribution in [2.45, 2.75) is 12.2 Å². The molecule has 0 aliphatic carbocycles. The van der Waals surface area contributed by atoms with Gasteiger partial charge in [-0.2, -0.15) is 0 Å². The molecule has 0 rings (SSSR count). The Bertz CT molecular complexity index is 204. The Morgan fingerprint density at radius 3 is 1.35 bits per heavy atom. The van der Waals surface area contributed by atoms with Gasteiger partial charge >= 0.3 is 0 Å². The van der Waals surface area contributed by atoms with Gasteiger partial charge in [-0.1, -0.05) is 0 Å². The summed E-state index contributed by atoms with van der Waals surface area (Å²) in [6.07, 6.45) is -1.82. The summed E-state index contributed by atoms with van der Waals surface area (Å²) in [6, 6.07) is 0. The lowest BCUT2D eigenvalue weighted by atomic mass is 10.2. The van der Waals surface area contributed by atoms with Gasteiger partial charge in [0.05, 0.1) is 38.6 Å². The Balaban J connectivity index is 4.30. The number of hydrogen-bond acceptors (Lipinski definition) is 8. The Kier molecular flexibility index (Phi) is 12.2. The Morgan fingerprint density at radius 1 is 0.600 bits per heavy atom. The molecule has 0 saturated heterocycles. The van der Waals surface area contributed by atoms with Crippen LogP contribution in [0.2, 0.25) is 0 Å². The van der Waals surface area contributed by atoms with Crippen molar-refractivity contribution in [1.29, 1.82) is 0 Å². The molecule has 0 bridgehead atoms. The summed E-state index contributed by atoms with van der Waals surface area (Å²) in [6.45, 7) is 1.46. The van der Waals surface area contributed by atoms with Crippen molar-refractivity contribution in [2.75, 3.05) is 65.7 Å². The van der Waals surface area contributed by atoms with Crippen molar-refractivity contribution in [1.82, 2.24) is 9.80 Å². The van der Waals surface area contributed by atoms with Crippen molar-refractivity contribution in [3.8, 4) is 0 Å². The van der Waals surface area contributed by atoms with Crippen LogP contribution >= 0.6 is 0 Å². The predicted octanol–water partition coefficient (Wildman–Crippen LogP) is -3.72. The van der Waals surface area contributed by atoms with Crippen molar-refractivity contribution < 1.29 is 30.6 Å². The first-order valence-corrected chi connectivity index (χ1v) is 6.81. The molecule has 0 aromatic carbocycles. The molecule has 0 fully saturated rings. The molecule has 0 aliphatic rings. The molecule has 0 aliphatic heterocycles. The summed E-state index contributed by atoms with van der Waals surface area (Å²) in [5, 5.41) is 54.4. The zero-order valence-electron chi connectivity index (χ0n) is 11.8. The van der Waals surface area contributed by atoms with E-state index in [1.165, 1.54) is 0 Å². The van der Waals surface area contributed by atoms with E-state index < -0.39 is 12.2 Å². The second kappa shape index (κ2) is 12.4. The van der Waals surface area contributed by atoms with Gasteiger partial charge in [-0.15, -0.1) is 0 Å². The Morgan fingerprint density at radius 2 is 1.00 bits per heavy atom. The number of aliphatic hydroxyl groups excluding tert-OH is 6. The van der Waals surface area contributed by atoms with E-state index in [-0.39, 0.29) is 39.5 Å². The maximum atomic E-state index is 9.46. The van der Waals surface area contributed by atoms with E-state index in [0.717, 1.165) is 0 Å². The second-order valence-corrected chi connectivity index (χ2v) is 4.72. The van der Waals surface area contributed by atoms with E-state index in [4.69, 9.17) is 20.4 Å². The average molecular weight is 296 g/mol. The molecular formula is C12H28N2O6. The fourth-order valence-corrected chi connectivity index (χ4v) is 1.87. The fraction of sp³-hybridized carbons (Fsp3) is 1.00. The largest absolute Gasteiger partial charge is 0.395 e. The Labute approximate surface area is 119 Å². The summed E-state index contributed by atoms with van der Waals surface area (Å²) >= 11 is 0. The summed E-state index contributed by atoms with van der Waals surface area (Å²) in [7, 11) is 0. The van der Waals surface area contributed by atoms with Crippen molar-refractivity contribution in [3.05, 3.63) is 0 Å². The monoisotopic (exact) mass is 296 g/mol. The average Bonchev–Trinajstić information content (AvgIpc) is 2.44. The molecule has 0 amide bonds. The van der Waals surface area contributed by atoms with Crippen LogP contribution in [0.25, 0.3) is 0 Å². The molecule has 0 spiro atoms. The van der Waals surface area contributed by atoms with Crippen LogP contribution in [0.1, 0.15) is 0 Å². The van der Waals surface area contributed by atoms with E-state index in [1.807, 2.05) is 4.90 Å². The van der Waals surface area contributed by atoms with E-state index in [9.17, 15) is 10.2 Å². The zero-order chi connectivity index (χ0) is 15.4. The highest BCUT2D eigenvalue weighted by molar-refractivity contribution is 4.70. The molecule has 0 aromatic heterocycles. The van der Waals surface area contributed by atoms with E-state index in [0.29, 0.717) is 26.2 Å². The zero-order valence-corrected chi connectivity index (χ0v) is 11.8. The molecule has 0 heterocycles. The van der Waals surface area contributed by atoms with Gasteiger partial charge in [-0.3, -0.25) is 9.80 Å². The lowest BCUT2D eigenvalue weighted by Gasteiger charge is -2.29. The second-order valence-electron chi connectivity index (χ2n) is 4.72. The van der Waals surface area contributed by atoms with Crippen molar-refractivity contribution >= 4 is 0 Å². The van der Waals surface area contributed by atoms with Gasteiger partial charge in [-0.05, 0) is 0 Å². The van der Waals surface area contributed by atoms with Crippen LogP contribution in [0, 0.1) is 0 Å². The minimum Gasteiger partial charge on any atom is -0.395 e. The van der Waals surface area contributed by atoms with Gasteiger partial charge < -0.3 is 30.6 Å². The number of aliphatic hydroxyl groups is 6. The third-order valence-corrected chi connectivity index (χ3v) is 2.92. The van der Waals surface area contributed by atoms with Crippen molar-refractivity contribution in [2.24, 2.45) is 0 Å². The van der Waals surface area contributed by atoms with E-state index in [1.54, 1.807) is 4.90 Å². The summed E-state index contributed by atoms with van der Waals surface area (Å²) in [4.78, 5) is 3.58. The molecule has 6 N–H and O–H groups in total. The smallest absolute Gasteiger partial charge is 0.0897 e. The van der Waals surface area contributed by atoms with E-state index in [2.05, 4.69) is 0 Å². The SMILES string of the molecule is OCCN(CCO)CCN(CC(O)CO)CC(O)CO. The lowest BCUT2D eigenvalue weighted by molar-refractivity contribution is 0.0189. The molecule has 0 radical (unpaired) electrons. The lowest BCUT2D eigenvalue weighted by Crippen LogP contribution is -2.44. The highest BCUT2D eigenvalue weighted by Gasteiger charge is 2.16. The topological polar surface area (TPSA) is 128 Å². The van der Waals surface area contributed by atoms with Crippen LogP contribution < -0.4 is 0 Å². The summed E-state index contributed by atoms with van der Waals surface area (Å²) < 4.78 is 0. The number of hydrogen-bond donors (Lipinski definition) is 6. The molecule has 8 heteroatoms. The van der Waals surface area contributed by atoms with Gasteiger partial charge in [0.2, 0.25) is 0 Å². The predicted molar refractivity (Wildman–Crippen MR) is 73.2 cm³/mol. The van der Waals surface area contributed by atoms with Crippen LogP contribution in [0.5, 0.6) is 0 Å². The molecule has 2 atom stereocenters. The van der Waals surface area contributed by atoms with Gasteiger partial charge in [0.15, 0.2) is 0 Å². The minimum atomic E-state index is -0.912. The van der Waals surface area contributed by atoms with Crippen molar-refractivity contribution in [3.63, 3.8) is 0 Å². The highest BCUT2D eigenvalue weighted by atomic mass is 16.3. The molecular weight excluding hydrogens is 268 g/mol. The van der Waals surface area contributed by atoms with Gasteiger partial charge in [0.25, 0.3) is 0 Å². The van der Waals surface area contributed by atoms with E-state index >= 15 is 0 Å². The normalized spacial score (nSPS) is 15.0. The van der Waals surface area contributed by atoms with Crippen LogP contribution in [0.4, 0.5) is 0 Å². The molecule has 2 unspecified atom stereocenters. The minimum absolute atomic E-state index is 0.0153. The van der Waals surface area contributed by atoms with Gasteiger partial charge in [0.1, 0.15) is 0 Å². The summed E-state index contributed by atoms with van der Waals surface area (Å²) in [5.74, 6) is 0. The molecule has 20 heavy (non-hydrogen) atoms. The van der Waals surface area contributed by atoms with Gasteiger partial charge in [0, 0.05) is 39.3 Å². The summed E-state index contributed by atoms with van der Waals surface area (Å²) in [5.41, 5.74) is 0. The molecule has 122 valence electrons. The standard InChI is InChI=1S/C12H28N2O6/c15-5-3-13(4-6-16)1-2-14(7-11(19)9-17)8-12(20)10-18/h11-12,15-20H,1-10H2. The maximum Gasteiger partial charge on any atom is 0.0897 e.